The summed E-state index contributed by atoms with van der Waals surface area (Å²) >= 11 is 2.47. The third-order valence-corrected chi connectivity index (χ3v) is 2.80. The van der Waals surface area contributed by atoms with Crippen LogP contribution in [0, 0.1) is 6.92 Å². The first-order valence-electron chi connectivity index (χ1n) is 3.52. The summed E-state index contributed by atoms with van der Waals surface area (Å²) in [6.45, 7) is 1.78. The molecule has 0 bridgehead atoms. The highest BCUT2D eigenvalue weighted by Gasteiger charge is 2.11. The highest BCUT2D eigenvalue weighted by molar-refractivity contribution is 7.94. The van der Waals surface area contributed by atoms with Gasteiger partial charge >= 0.3 is 5.97 Å². The van der Waals surface area contributed by atoms with Crippen LogP contribution in [-0.2, 0) is 11.2 Å². The molecule has 0 fully saturated rings. The summed E-state index contributed by atoms with van der Waals surface area (Å²) < 4.78 is 5.08. The maximum absolute atomic E-state index is 10.4. The molecule has 0 aliphatic rings. The van der Waals surface area contributed by atoms with Crippen LogP contribution >= 0.6 is 23.4 Å². The Morgan fingerprint density at radius 2 is 2.46 bits per heavy atom. The molecule has 1 heterocycles. The van der Waals surface area contributed by atoms with Crippen LogP contribution in [-0.4, -0.2) is 22.3 Å². The van der Waals surface area contributed by atoms with E-state index in [1.54, 1.807) is 13.2 Å². The lowest BCUT2D eigenvalue weighted by atomic mass is 10.3. The van der Waals surface area contributed by atoms with Crippen molar-refractivity contribution in [2.45, 2.75) is 13.3 Å². The van der Waals surface area contributed by atoms with Gasteiger partial charge in [0, 0.05) is 11.1 Å². The summed E-state index contributed by atoms with van der Waals surface area (Å²) in [5.74, 6) is -0.845. The monoisotopic (exact) mass is 219 g/mol. The van der Waals surface area contributed by atoms with E-state index in [2.05, 4.69) is 4.98 Å². The summed E-state index contributed by atoms with van der Waals surface area (Å²) in [5, 5.41) is 9.08. The zero-order valence-corrected chi connectivity index (χ0v) is 8.87. The smallest absolute Gasteiger partial charge is 0.308 e. The molecule has 0 spiro atoms. The quantitative estimate of drug-likeness (QED) is 0.781. The van der Waals surface area contributed by atoms with Crippen molar-refractivity contribution in [2.75, 3.05) is 6.26 Å². The van der Waals surface area contributed by atoms with Gasteiger partial charge in [-0.05, 0) is 6.92 Å². The van der Waals surface area contributed by atoms with Crippen molar-refractivity contribution >= 4 is 29.3 Å². The molecule has 1 N–H and O–H groups in total. The van der Waals surface area contributed by atoms with Gasteiger partial charge in [-0.2, -0.15) is 0 Å². The Balaban J connectivity index is 2.77. The largest absolute Gasteiger partial charge is 0.481 e. The Kier molecular flexibility index (Phi) is 3.56. The van der Waals surface area contributed by atoms with Crippen LogP contribution in [0.4, 0.5) is 0 Å². The zero-order valence-electron chi connectivity index (χ0n) is 7.23. The number of hydrogen-bond donors (Lipinski definition) is 1. The molecule has 0 atom stereocenters. The molecule has 0 aromatic carbocycles. The van der Waals surface area contributed by atoms with Crippen molar-refractivity contribution in [2.24, 2.45) is 0 Å². The van der Waals surface area contributed by atoms with Gasteiger partial charge in [0.15, 0.2) is 0 Å². The molecule has 6 heteroatoms. The van der Waals surface area contributed by atoms with Gasteiger partial charge in [-0.15, -0.1) is 0 Å². The summed E-state index contributed by atoms with van der Waals surface area (Å²) in [4.78, 5) is 15.2. The molecule has 72 valence electrons. The minimum absolute atomic E-state index is 0.0151. The lowest BCUT2D eigenvalue weighted by Gasteiger charge is -1.90. The normalized spacial score (nSPS) is 10.0. The molecule has 0 aliphatic heterocycles. The average molecular weight is 219 g/mol. The number of nitrogens with zero attached hydrogens (tertiary/aromatic N) is 1. The van der Waals surface area contributed by atoms with E-state index >= 15 is 0 Å². The van der Waals surface area contributed by atoms with E-state index in [0.717, 1.165) is 10.6 Å². The second-order valence-corrected chi connectivity index (χ2v) is 3.86. The van der Waals surface area contributed by atoms with Gasteiger partial charge in [0.1, 0.15) is 0 Å². The number of aliphatic carboxylic acids is 1. The molecule has 0 saturated carbocycles. The van der Waals surface area contributed by atoms with Crippen LogP contribution in [0.2, 0.25) is 0 Å². The maximum atomic E-state index is 10.4. The summed E-state index contributed by atoms with van der Waals surface area (Å²) in [5.41, 5.74) is 0.733. The number of rotatable bonds is 4. The van der Waals surface area contributed by atoms with Crippen LogP contribution in [0.1, 0.15) is 10.6 Å². The molecule has 1 aromatic heterocycles. The SMILES string of the molecule is CSOc1nc(C)c(CC(=O)O)s1. The van der Waals surface area contributed by atoms with Crippen LogP contribution in [0.15, 0.2) is 0 Å². The first-order chi connectivity index (χ1) is 6.13. The number of aromatic nitrogens is 1. The predicted molar refractivity (Wildman–Crippen MR) is 52.3 cm³/mol. The van der Waals surface area contributed by atoms with Crippen molar-refractivity contribution in [3.63, 3.8) is 0 Å². The fraction of sp³-hybridized carbons (Fsp3) is 0.429. The first kappa shape index (κ1) is 10.3. The van der Waals surface area contributed by atoms with Gasteiger partial charge in [0.25, 0.3) is 5.19 Å². The Morgan fingerprint density at radius 3 is 3.00 bits per heavy atom. The molecule has 4 nitrogen and oxygen atoms in total. The van der Waals surface area contributed by atoms with Crippen LogP contribution < -0.4 is 4.18 Å². The highest BCUT2D eigenvalue weighted by Crippen LogP contribution is 2.26. The van der Waals surface area contributed by atoms with E-state index in [4.69, 9.17) is 9.29 Å². The van der Waals surface area contributed by atoms with Crippen molar-refractivity contribution in [3.05, 3.63) is 10.6 Å². The fourth-order valence-electron chi connectivity index (χ4n) is 0.810. The van der Waals surface area contributed by atoms with Gasteiger partial charge in [-0.3, -0.25) is 4.79 Å². The van der Waals surface area contributed by atoms with E-state index in [1.807, 2.05) is 0 Å². The molecule has 0 radical (unpaired) electrons. The molecule has 0 saturated heterocycles. The molecule has 0 amide bonds. The molecule has 1 aromatic rings. The number of carboxylic acid groups (broad SMARTS) is 1. The van der Waals surface area contributed by atoms with Gasteiger partial charge < -0.3 is 9.29 Å². The van der Waals surface area contributed by atoms with Crippen LogP contribution in [0.3, 0.4) is 0 Å². The van der Waals surface area contributed by atoms with Crippen LogP contribution in [0.25, 0.3) is 0 Å². The Morgan fingerprint density at radius 1 is 1.77 bits per heavy atom. The number of carboxylic acids is 1. The summed E-state index contributed by atoms with van der Waals surface area (Å²) in [6.07, 6.45) is 1.80. The number of aryl methyl sites for hydroxylation is 1. The highest BCUT2D eigenvalue weighted by atomic mass is 32.2. The minimum Gasteiger partial charge on any atom is -0.481 e. The fourth-order valence-corrected chi connectivity index (χ4v) is 2.11. The van der Waals surface area contributed by atoms with Gasteiger partial charge in [0.05, 0.1) is 24.2 Å². The third kappa shape index (κ3) is 2.89. The first-order valence-corrected chi connectivity index (χ1v) is 5.49. The van der Waals surface area contributed by atoms with E-state index < -0.39 is 5.97 Å². The van der Waals surface area contributed by atoms with E-state index in [0.29, 0.717) is 5.19 Å². The molecule has 13 heavy (non-hydrogen) atoms. The second kappa shape index (κ2) is 4.48. The molecule has 0 aliphatic carbocycles. The van der Waals surface area contributed by atoms with Gasteiger partial charge in [-0.25, -0.2) is 4.98 Å². The topological polar surface area (TPSA) is 59.4 Å². The van der Waals surface area contributed by atoms with Crippen molar-refractivity contribution in [3.8, 4) is 5.19 Å². The lowest BCUT2D eigenvalue weighted by molar-refractivity contribution is -0.136. The van der Waals surface area contributed by atoms with Gasteiger partial charge in [-0.1, -0.05) is 11.3 Å². The summed E-state index contributed by atoms with van der Waals surface area (Å²) in [6, 6.07) is 0. The van der Waals surface area contributed by atoms with Crippen LogP contribution in [0.5, 0.6) is 5.19 Å². The number of thiazole rings is 1. The van der Waals surface area contributed by atoms with Crippen molar-refractivity contribution < 1.29 is 14.1 Å². The van der Waals surface area contributed by atoms with E-state index in [-0.39, 0.29) is 6.42 Å². The number of hydrogen-bond acceptors (Lipinski definition) is 5. The maximum Gasteiger partial charge on any atom is 0.308 e. The molecule has 0 unspecified atom stereocenters. The second-order valence-electron chi connectivity index (χ2n) is 2.31. The molecular weight excluding hydrogens is 210 g/mol. The van der Waals surface area contributed by atoms with E-state index in [9.17, 15) is 4.79 Å². The zero-order chi connectivity index (χ0) is 9.84. The predicted octanol–water partition coefficient (Wildman–Crippen LogP) is 1.74. The average Bonchev–Trinajstić information content (AvgIpc) is 2.31. The Bertz CT molecular complexity index is 311. The summed E-state index contributed by atoms with van der Waals surface area (Å²) in [7, 11) is 0. The Labute approximate surface area is 84.2 Å². The van der Waals surface area contributed by atoms with Gasteiger partial charge in [0.2, 0.25) is 0 Å². The lowest BCUT2D eigenvalue weighted by Crippen LogP contribution is -1.99. The molecule has 1 rings (SSSR count). The van der Waals surface area contributed by atoms with Crippen molar-refractivity contribution in [1.29, 1.82) is 0 Å². The van der Waals surface area contributed by atoms with Crippen molar-refractivity contribution in [1.82, 2.24) is 4.98 Å². The molecular formula is C7H9NO3S2. The van der Waals surface area contributed by atoms with E-state index in [1.165, 1.54) is 23.4 Å². The Hall–Kier alpha value is -0.750. The minimum atomic E-state index is -0.845. The number of carbonyl (C=O) groups is 1. The standard InChI is InChI=1S/C7H9NO3S2/c1-4-5(3-6(9)10)13-7(8-4)11-12-2/h3H2,1-2H3,(H,9,10). The third-order valence-electron chi connectivity index (χ3n) is 1.34.